The number of halogens is 1. The Morgan fingerprint density at radius 3 is 2.88 bits per heavy atom. The molecule has 0 aliphatic carbocycles. The molecule has 90 valence electrons. The lowest BCUT2D eigenvalue weighted by molar-refractivity contribution is 0.553. The SMILES string of the molecule is CCNC(Cc1cncs1)c1ccccc1Cl. The van der Waals surface area contributed by atoms with Gasteiger partial charge in [0.15, 0.2) is 0 Å². The highest BCUT2D eigenvalue weighted by Crippen LogP contribution is 2.26. The van der Waals surface area contributed by atoms with Crippen molar-refractivity contribution in [2.45, 2.75) is 19.4 Å². The molecule has 0 amide bonds. The Morgan fingerprint density at radius 1 is 1.41 bits per heavy atom. The van der Waals surface area contributed by atoms with Gasteiger partial charge in [0.05, 0.1) is 5.51 Å². The molecule has 2 nitrogen and oxygen atoms in total. The van der Waals surface area contributed by atoms with Gasteiger partial charge >= 0.3 is 0 Å². The minimum Gasteiger partial charge on any atom is -0.310 e. The highest BCUT2D eigenvalue weighted by molar-refractivity contribution is 7.09. The molecule has 0 radical (unpaired) electrons. The van der Waals surface area contributed by atoms with Gasteiger partial charge in [-0.3, -0.25) is 4.98 Å². The highest BCUT2D eigenvalue weighted by Gasteiger charge is 2.14. The van der Waals surface area contributed by atoms with Crippen molar-refractivity contribution >= 4 is 22.9 Å². The van der Waals surface area contributed by atoms with Gasteiger partial charge in [-0.05, 0) is 18.2 Å². The van der Waals surface area contributed by atoms with Crippen molar-refractivity contribution < 1.29 is 0 Å². The molecule has 0 fully saturated rings. The quantitative estimate of drug-likeness (QED) is 0.893. The van der Waals surface area contributed by atoms with Crippen LogP contribution in [0.15, 0.2) is 36.0 Å². The van der Waals surface area contributed by atoms with Crippen LogP contribution in [0.2, 0.25) is 5.02 Å². The van der Waals surface area contributed by atoms with E-state index in [-0.39, 0.29) is 6.04 Å². The van der Waals surface area contributed by atoms with Crippen LogP contribution in [0.25, 0.3) is 0 Å². The molecule has 0 saturated carbocycles. The van der Waals surface area contributed by atoms with Crippen molar-refractivity contribution in [3.8, 4) is 0 Å². The molecule has 1 N–H and O–H groups in total. The Hall–Kier alpha value is -0.900. The summed E-state index contributed by atoms with van der Waals surface area (Å²) in [5.41, 5.74) is 3.02. The lowest BCUT2D eigenvalue weighted by Gasteiger charge is -2.18. The van der Waals surface area contributed by atoms with Gasteiger partial charge in [0.2, 0.25) is 0 Å². The molecule has 1 aromatic carbocycles. The first-order chi connectivity index (χ1) is 8.31. The van der Waals surface area contributed by atoms with Gasteiger partial charge in [-0.1, -0.05) is 36.7 Å². The number of thiazole rings is 1. The van der Waals surface area contributed by atoms with Crippen LogP contribution in [0.5, 0.6) is 0 Å². The van der Waals surface area contributed by atoms with Crippen molar-refractivity contribution in [3.05, 3.63) is 51.4 Å². The van der Waals surface area contributed by atoms with Crippen LogP contribution in [0, 0.1) is 0 Å². The molecule has 17 heavy (non-hydrogen) atoms. The van der Waals surface area contributed by atoms with Crippen LogP contribution in [-0.2, 0) is 6.42 Å². The van der Waals surface area contributed by atoms with Crippen LogP contribution < -0.4 is 5.32 Å². The first-order valence-electron chi connectivity index (χ1n) is 5.66. The number of hydrogen-bond donors (Lipinski definition) is 1. The van der Waals surface area contributed by atoms with Gasteiger partial charge in [-0.25, -0.2) is 0 Å². The summed E-state index contributed by atoms with van der Waals surface area (Å²) in [6.07, 6.45) is 2.86. The van der Waals surface area contributed by atoms with E-state index in [1.807, 2.05) is 29.9 Å². The van der Waals surface area contributed by atoms with Crippen LogP contribution in [0.1, 0.15) is 23.4 Å². The van der Waals surface area contributed by atoms with Crippen LogP contribution in [0.4, 0.5) is 0 Å². The molecule has 0 spiro atoms. The van der Waals surface area contributed by atoms with Crippen molar-refractivity contribution in [3.63, 3.8) is 0 Å². The molecule has 1 aromatic heterocycles. The molecule has 2 rings (SSSR count). The van der Waals surface area contributed by atoms with Crippen molar-refractivity contribution in [1.29, 1.82) is 0 Å². The van der Waals surface area contributed by atoms with Gasteiger partial charge in [-0.2, -0.15) is 0 Å². The Morgan fingerprint density at radius 2 is 2.24 bits per heavy atom. The predicted octanol–water partition coefficient (Wildman–Crippen LogP) is 3.69. The molecule has 1 unspecified atom stereocenters. The summed E-state index contributed by atoms with van der Waals surface area (Å²) >= 11 is 7.93. The Bertz CT molecular complexity index is 456. The second-order valence-corrected chi connectivity index (χ2v) is 5.18. The fourth-order valence-corrected chi connectivity index (χ4v) is 2.75. The third kappa shape index (κ3) is 3.28. The van der Waals surface area contributed by atoms with E-state index < -0.39 is 0 Å². The number of likely N-dealkylation sites (N-methyl/N-ethyl adjacent to an activating group) is 1. The third-order valence-corrected chi connectivity index (χ3v) is 3.77. The smallest absolute Gasteiger partial charge is 0.0794 e. The summed E-state index contributed by atoms with van der Waals surface area (Å²) in [6, 6.07) is 8.26. The summed E-state index contributed by atoms with van der Waals surface area (Å²) < 4.78 is 0. The number of nitrogens with one attached hydrogen (secondary N) is 1. The maximum Gasteiger partial charge on any atom is 0.0794 e. The minimum absolute atomic E-state index is 0.258. The van der Waals surface area contributed by atoms with Gasteiger partial charge in [0.25, 0.3) is 0 Å². The Labute approximate surface area is 111 Å². The maximum absolute atomic E-state index is 6.24. The summed E-state index contributed by atoms with van der Waals surface area (Å²) in [6.45, 7) is 3.03. The van der Waals surface area contributed by atoms with E-state index >= 15 is 0 Å². The first-order valence-corrected chi connectivity index (χ1v) is 6.92. The zero-order valence-corrected chi connectivity index (χ0v) is 11.3. The van der Waals surface area contributed by atoms with E-state index in [2.05, 4.69) is 23.3 Å². The van der Waals surface area contributed by atoms with E-state index in [0.717, 1.165) is 23.6 Å². The van der Waals surface area contributed by atoms with E-state index in [9.17, 15) is 0 Å². The lowest BCUT2D eigenvalue weighted by atomic mass is 10.0. The summed E-state index contributed by atoms with van der Waals surface area (Å²) in [7, 11) is 0. The monoisotopic (exact) mass is 266 g/mol. The Balaban J connectivity index is 2.20. The molecule has 0 aliphatic heterocycles. The van der Waals surface area contributed by atoms with Crippen molar-refractivity contribution in [2.24, 2.45) is 0 Å². The van der Waals surface area contributed by atoms with E-state index in [4.69, 9.17) is 11.6 Å². The fourth-order valence-electron chi connectivity index (χ4n) is 1.84. The summed E-state index contributed by atoms with van der Waals surface area (Å²) in [5, 5.41) is 4.29. The normalized spacial score (nSPS) is 12.6. The molecule has 2 aromatic rings. The number of hydrogen-bond acceptors (Lipinski definition) is 3. The predicted molar refractivity (Wildman–Crippen MR) is 73.7 cm³/mol. The largest absolute Gasteiger partial charge is 0.310 e. The molecule has 0 aliphatic rings. The minimum atomic E-state index is 0.258. The lowest BCUT2D eigenvalue weighted by Crippen LogP contribution is -2.22. The molecular weight excluding hydrogens is 252 g/mol. The topological polar surface area (TPSA) is 24.9 Å². The van der Waals surface area contributed by atoms with Gasteiger partial charge in [-0.15, -0.1) is 11.3 Å². The third-order valence-electron chi connectivity index (χ3n) is 2.62. The fraction of sp³-hybridized carbons (Fsp3) is 0.308. The molecule has 1 heterocycles. The summed E-state index contributed by atoms with van der Waals surface area (Å²) in [4.78, 5) is 5.38. The van der Waals surface area contributed by atoms with E-state index in [0.29, 0.717) is 0 Å². The number of nitrogens with zero attached hydrogens (tertiary/aromatic N) is 1. The zero-order valence-electron chi connectivity index (χ0n) is 9.69. The molecule has 0 saturated heterocycles. The molecule has 4 heteroatoms. The van der Waals surface area contributed by atoms with Gasteiger partial charge in [0.1, 0.15) is 0 Å². The average Bonchev–Trinajstić information content (AvgIpc) is 2.82. The van der Waals surface area contributed by atoms with Crippen LogP contribution >= 0.6 is 22.9 Å². The second kappa shape index (κ2) is 6.15. The maximum atomic E-state index is 6.24. The van der Waals surface area contributed by atoms with E-state index in [1.165, 1.54) is 4.88 Å². The van der Waals surface area contributed by atoms with Crippen LogP contribution in [0.3, 0.4) is 0 Å². The van der Waals surface area contributed by atoms with Gasteiger partial charge in [0, 0.05) is 28.6 Å². The number of benzene rings is 1. The van der Waals surface area contributed by atoms with Crippen molar-refractivity contribution in [2.75, 3.05) is 6.54 Å². The zero-order chi connectivity index (χ0) is 12.1. The first kappa shape index (κ1) is 12.6. The number of aromatic nitrogens is 1. The number of rotatable bonds is 5. The van der Waals surface area contributed by atoms with Gasteiger partial charge < -0.3 is 5.32 Å². The standard InChI is InChI=1S/C13H15ClN2S/c1-2-16-13(7-10-8-15-9-17-10)11-5-3-4-6-12(11)14/h3-6,8-9,13,16H,2,7H2,1H3. The summed E-state index contributed by atoms with van der Waals surface area (Å²) in [5.74, 6) is 0. The van der Waals surface area contributed by atoms with Crippen molar-refractivity contribution in [1.82, 2.24) is 10.3 Å². The molecule has 0 bridgehead atoms. The molecular formula is C13H15ClN2S. The molecule has 1 atom stereocenters. The average molecular weight is 267 g/mol. The highest BCUT2D eigenvalue weighted by atomic mass is 35.5. The second-order valence-electron chi connectivity index (χ2n) is 3.80. The van der Waals surface area contributed by atoms with E-state index in [1.54, 1.807) is 11.3 Å². The van der Waals surface area contributed by atoms with Crippen LogP contribution in [-0.4, -0.2) is 11.5 Å². The Kier molecular flexibility index (Phi) is 4.54.